The molecule has 1 atom stereocenters. The van der Waals surface area contributed by atoms with Crippen molar-refractivity contribution < 1.29 is 9.90 Å². The molecule has 1 aromatic rings. The van der Waals surface area contributed by atoms with Gasteiger partial charge in [0, 0.05) is 0 Å². The second kappa shape index (κ2) is 5.41. The van der Waals surface area contributed by atoms with Crippen LogP contribution < -0.4 is 5.73 Å². The van der Waals surface area contributed by atoms with Gasteiger partial charge >= 0.3 is 5.97 Å². The quantitative estimate of drug-likeness (QED) is 0.854. The van der Waals surface area contributed by atoms with Gasteiger partial charge in [0.15, 0.2) is 0 Å². The normalized spacial score (nSPS) is 11.6. The molecule has 78 valence electrons. The van der Waals surface area contributed by atoms with E-state index in [1.54, 1.807) is 0 Å². The van der Waals surface area contributed by atoms with Crippen LogP contribution in [0.15, 0.2) is 18.2 Å². The van der Waals surface area contributed by atoms with E-state index in [9.17, 15) is 4.79 Å². The number of carboxylic acid groups (broad SMARTS) is 1. The predicted octanol–water partition coefficient (Wildman–Crippen LogP) is 2.50. The summed E-state index contributed by atoms with van der Waals surface area (Å²) in [7, 11) is 0. The van der Waals surface area contributed by atoms with Gasteiger partial charge in [-0.15, -0.1) is 12.4 Å². The summed E-state index contributed by atoms with van der Waals surface area (Å²) >= 11 is 11.3. The summed E-state index contributed by atoms with van der Waals surface area (Å²) in [6.45, 7) is 0. The Labute approximate surface area is 97.2 Å². The van der Waals surface area contributed by atoms with Gasteiger partial charge < -0.3 is 10.8 Å². The average Bonchev–Trinajstić information content (AvgIpc) is 2.08. The zero-order valence-corrected chi connectivity index (χ0v) is 9.23. The molecule has 1 rings (SSSR count). The number of rotatable bonds is 2. The molecule has 3 N–H and O–H groups in total. The monoisotopic (exact) mass is 255 g/mol. The Kier molecular flexibility index (Phi) is 5.23. The van der Waals surface area contributed by atoms with Crippen molar-refractivity contribution in [1.29, 1.82) is 0 Å². The number of hydrogen-bond acceptors (Lipinski definition) is 2. The van der Waals surface area contributed by atoms with E-state index in [1.165, 1.54) is 18.2 Å². The van der Waals surface area contributed by atoms with E-state index in [-0.39, 0.29) is 12.4 Å². The number of carboxylic acids is 1. The Morgan fingerprint density at radius 1 is 1.36 bits per heavy atom. The lowest BCUT2D eigenvalue weighted by molar-refractivity contribution is -0.138. The summed E-state index contributed by atoms with van der Waals surface area (Å²) in [5, 5.41) is 9.27. The van der Waals surface area contributed by atoms with Gasteiger partial charge in [0.05, 0.1) is 10.0 Å². The highest BCUT2D eigenvalue weighted by Gasteiger charge is 2.14. The van der Waals surface area contributed by atoms with Gasteiger partial charge in [-0.05, 0) is 17.7 Å². The summed E-state index contributed by atoms with van der Waals surface area (Å²) < 4.78 is 0. The Morgan fingerprint density at radius 3 is 2.36 bits per heavy atom. The van der Waals surface area contributed by atoms with Gasteiger partial charge in [-0.25, -0.2) is 0 Å². The zero-order valence-electron chi connectivity index (χ0n) is 6.91. The predicted molar refractivity (Wildman–Crippen MR) is 58.3 cm³/mol. The topological polar surface area (TPSA) is 63.3 Å². The fourth-order valence-electron chi connectivity index (χ4n) is 0.848. The molecule has 3 nitrogen and oxygen atoms in total. The molecule has 14 heavy (non-hydrogen) atoms. The number of halogens is 3. The van der Waals surface area contributed by atoms with Crippen molar-refractivity contribution >= 4 is 41.6 Å². The molecule has 0 fully saturated rings. The summed E-state index contributed by atoms with van der Waals surface area (Å²) in [4.78, 5) is 10.5. The molecule has 0 aliphatic rings. The molecule has 0 amide bonds. The molecular formula is C8H8Cl3NO2. The first kappa shape index (κ1) is 13.5. The summed E-state index contributed by atoms with van der Waals surface area (Å²) in [6.07, 6.45) is 0. The third-order valence-electron chi connectivity index (χ3n) is 1.57. The van der Waals surface area contributed by atoms with E-state index < -0.39 is 12.0 Å². The smallest absolute Gasteiger partial charge is 0.325 e. The second-order valence-electron chi connectivity index (χ2n) is 2.49. The SMILES string of the molecule is Cl.NC(C(=O)O)c1ccc(Cl)c(Cl)c1. The highest BCUT2D eigenvalue weighted by atomic mass is 35.5. The van der Waals surface area contributed by atoms with E-state index in [1.807, 2.05) is 0 Å². The van der Waals surface area contributed by atoms with Crippen LogP contribution in [0, 0.1) is 0 Å². The fraction of sp³-hybridized carbons (Fsp3) is 0.125. The first-order valence-electron chi connectivity index (χ1n) is 3.45. The van der Waals surface area contributed by atoms with Gasteiger partial charge in [-0.1, -0.05) is 29.3 Å². The summed E-state index contributed by atoms with van der Waals surface area (Å²) in [5.74, 6) is -1.10. The maximum absolute atomic E-state index is 10.5. The van der Waals surface area contributed by atoms with Crippen molar-refractivity contribution in [1.82, 2.24) is 0 Å². The third kappa shape index (κ3) is 3.03. The van der Waals surface area contributed by atoms with Gasteiger partial charge in [0.1, 0.15) is 6.04 Å². The van der Waals surface area contributed by atoms with Crippen LogP contribution in [0.3, 0.4) is 0 Å². The minimum absolute atomic E-state index is 0. The van der Waals surface area contributed by atoms with Crippen molar-refractivity contribution in [3.8, 4) is 0 Å². The second-order valence-corrected chi connectivity index (χ2v) is 3.30. The van der Waals surface area contributed by atoms with E-state index in [4.69, 9.17) is 34.0 Å². The van der Waals surface area contributed by atoms with Crippen molar-refractivity contribution in [2.45, 2.75) is 6.04 Å². The molecule has 0 saturated heterocycles. The minimum atomic E-state index is -1.10. The lowest BCUT2D eigenvalue weighted by Gasteiger charge is -2.07. The molecule has 0 aliphatic carbocycles. The van der Waals surface area contributed by atoms with Crippen LogP contribution >= 0.6 is 35.6 Å². The van der Waals surface area contributed by atoms with Crippen molar-refractivity contribution in [3.63, 3.8) is 0 Å². The Hall–Kier alpha value is -0.480. The number of carbonyl (C=O) groups is 1. The molecule has 1 aromatic carbocycles. The number of benzene rings is 1. The van der Waals surface area contributed by atoms with Gasteiger partial charge in [0.25, 0.3) is 0 Å². The van der Waals surface area contributed by atoms with Crippen LogP contribution in [0.4, 0.5) is 0 Å². The number of hydrogen-bond donors (Lipinski definition) is 2. The first-order chi connectivity index (χ1) is 6.02. The molecule has 6 heteroatoms. The molecule has 0 saturated carbocycles. The van der Waals surface area contributed by atoms with E-state index in [0.717, 1.165) is 0 Å². The van der Waals surface area contributed by atoms with E-state index in [0.29, 0.717) is 15.6 Å². The Balaban J connectivity index is 0.00000169. The maximum Gasteiger partial charge on any atom is 0.325 e. The van der Waals surface area contributed by atoms with Gasteiger partial charge in [-0.2, -0.15) is 0 Å². The zero-order chi connectivity index (χ0) is 10.0. The highest BCUT2D eigenvalue weighted by Crippen LogP contribution is 2.24. The highest BCUT2D eigenvalue weighted by molar-refractivity contribution is 6.42. The molecule has 0 aliphatic heterocycles. The lowest BCUT2D eigenvalue weighted by atomic mass is 10.1. The maximum atomic E-state index is 10.5. The molecule has 1 unspecified atom stereocenters. The summed E-state index contributed by atoms with van der Waals surface area (Å²) in [6, 6.07) is 3.44. The van der Waals surface area contributed by atoms with Crippen LogP contribution in [0.25, 0.3) is 0 Å². The van der Waals surface area contributed by atoms with E-state index in [2.05, 4.69) is 0 Å². The first-order valence-corrected chi connectivity index (χ1v) is 4.21. The third-order valence-corrected chi connectivity index (χ3v) is 2.31. The largest absolute Gasteiger partial charge is 0.480 e. The molecule has 0 spiro atoms. The lowest BCUT2D eigenvalue weighted by Crippen LogP contribution is -2.20. The Bertz CT molecular complexity index is 343. The summed E-state index contributed by atoms with van der Waals surface area (Å²) in [5.41, 5.74) is 5.79. The molecular weight excluding hydrogens is 248 g/mol. The standard InChI is InChI=1S/C8H7Cl2NO2.ClH/c9-5-2-1-4(3-6(5)10)7(11)8(12)13;/h1-3,7H,11H2,(H,12,13);1H. The molecule has 0 radical (unpaired) electrons. The number of aliphatic carboxylic acids is 1. The van der Waals surface area contributed by atoms with E-state index >= 15 is 0 Å². The van der Waals surface area contributed by atoms with Crippen molar-refractivity contribution in [2.75, 3.05) is 0 Å². The minimum Gasteiger partial charge on any atom is -0.480 e. The Morgan fingerprint density at radius 2 is 1.93 bits per heavy atom. The van der Waals surface area contributed by atoms with Crippen LogP contribution in [0.1, 0.15) is 11.6 Å². The van der Waals surface area contributed by atoms with Crippen LogP contribution in [0.5, 0.6) is 0 Å². The van der Waals surface area contributed by atoms with Crippen LogP contribution in [-0.4, -0.2) is 11.1 Å². The van der Waals surface area contributed by atoms with Crippen molar-refractivity contribution in [3.05, 3.63) is 33.8 Å². The molecule has 0 aromatic heterocycles. The van der Waals surface area contributed by atoms with Crippen LogP contribution in [0.2, 0.25) is 10.0 Å². The van der Waals surface area contributed by atoms with Gasteiger partial charge in [-0.3, -0.25) is 4.79 Å². The van der Waals surface area contributed by atoms with Crippen LogP contribution in [-0.2, 0) is 4.79 Å². The fourth-order valence-corrected chi connectivity index (χ4v) is 1.15. The average molecular weight is 257 g/mol. The molecule has 0 bridgehead atoms. The van der Waals surface area contributed by atoms with Crippen molar-refractivity contribution in [2.24, 2.45) is 5.73 Å². The molecule has 0 heterocycles. The van der Waals surface area contributed by atoms with Gasteiger partial charge in [0.2, 0.25) is 0 Å². The number of nitrogens with two attached hydrogens (primary N) is 1.